The molecule has 3 nitrogen and oxygen atoms in total. The van der Waals surface area contributed by atoms with E-state index in [9.17, 15) is 8.42 Å². The van der Waals surface area contributed by atoms with E-state index in [0.29, 0.717) is 23.5 Å². The molecular formula is C14H21NO2S2. The van der Waals surface area contributed by atoms with Crippen LogP contribution in [0.4, 0.5) is 0 Å². The first-order valence-corrected chi connectivity index (χ1v) is 9.84. The summed E-state index contributed by atoms with van der Waals surface area (Å²) < 4.78 is 22.8. The second-order valence-electron chi connectivity index (χ2n) is 5.75. The molecular weight excluding hydrogens is 278 g/mol. The normalized spacial score (nSPS) is 27.1. The maximum Gasteiger partial charge on any atom is 0.150 e. The van der Waals surface area contributed by atoms with Crippen molar-refractivity contribution in [2.45, 2.75) is 38.1 Å². The molecule has 1 saturated heterocycles. The average Bonchev–Trinajstić information content (AvgIpc) is 2.86. The summed E-state index contributed by atoms with van der Waals surface area (Å²) in [5, 5.41) is 5.87. The zero-order valence-electron chi connectivity index (χ0n) is 11.1. The van der Waals surface area contributed by atoms with Crippen molar-refractivity contribution in [2.75, 3.05) is 18.1 Å². The number of fused-ring (bicyclic) bond motifs is 1. The predicted octanol–water partition coefficient (Wildman–Crippen LogP) is 2.54. The minimum absolute atomic E-state index is 0.383. The molecule has 2 aliphatic rings. The van der Waals surface area contributed by atoms with Crippen LogP contribution in [-0.2, 0) is 16.3 Å². The van der Waals surface area contributed by atoms with Gasteiger partial charge < -0.3 is 5.32 Å². The van der Waals surface area contributed by atoms with Gasteiger partial charge in [-0.2, -0.15) is 0 Å². The fourth-order valence-corrected chi connectivity index (χ4v) is 5.73. The molecule has 1 fully saturated rings. The third-order valence-electron chi connectivity index (χ3n) is 4.38. The Balaban J connectivity index is 1.54. The summed E-state index contributed by atoms with van der Waals surface area (Å²) in [6.07, 6.45) is 5.38. The molecule has 1 N–H and O–H groups in total. The maximum atomic E-state index is 11.4. The van der Waals surface area contributed by atoms with Crippen LogP contribution in [0.1, 0.15) is 42.2 Å². The van der Waals surface area contributed by atoms with Crippen LogP contribution in [0.2, 0.25) is 0 Å². The molecule has 0 unspecified atom stereocenters. The average molecular weight is 299 g/mol. The molecule has 0 spiro atoms. The Kier molecular flexibility index (Phi) is 3.96. The standard InChI is InChI=1S/C14H21NO2S2/c16-19(17)8-5-11(6-9-19)10-15-13-2-1-3-14-12(13)4-7-18-14/h4,7,11,13,15H,1-3,5-6,8-10H2/t13-/m1/s1. The first-order chi connectivity index (χ1) is 9.14. The number of aryl methyl sites for hydroxylation is 1. The number of nitrogens with one attached hydrogen (secondary N) is 1. The van der Waals surface area contributed by atoms with Gasteiger partial charge in [-0.05, 0) is 61.6 Å². The van der Waals surface area contributed by atoms with Gasteiger partial charge in [0.25, 0.3) is 0 Å². The van der Waals surface area contributed by atoms with Crippen LogP contribution in [0.3, 0.4) is 0 Å². The molecule has 1 aliphatic heterocycles. The molecule has 1 aromatic rings. The van der Waals surface area contributed by atoms with Crippen molar-refractivity contribution in [2.24, 2.45) is 5.92 Å². The Labute approximate surface area is 119 Å². The van der Waals surface area contributed by atoms with Gasteiger partial charge >= 0.3 is 0 Å². The first-order valence-electron chi connectivity index (χ1n) is 7.14. The van der Waals surface area contributed by atoms with Crippen molar-refractivity contribution in [3.63, 3.8) is 0 Å². The van der Waals surface area contributed by atoms with E-state index in [0.717, 1.165) is 19.4 Å². The molecule has 2 heterocycles. The Morgan fingerprint density at radius 2 is 2.05 bits per heavy atom. The van der Waals surface area contributed by atoms with Crippen molar-refractivity contribution in [1.82, 2.24) is 5.32 Å². The lowest BCUT2D eigenvalue weighted by Crippen LogP contribution is -2.33. The zero-order chi connectivity index (χ0) is 13.3. The summed E-state index contributed by atoms with van der Waals surface area (Å²) >= 11 is 1.87. The van der Waals surface area contributed by atoms with Crippen molar-refractivity contribution in [1.29, 1.82) is 0 Å². The van der Waals surface area contributed by atoms with E-state index in [4.69, 9.17) is 0 Å². The molecule has 0 amide bonds. The minimum Gasteiger partial charge on any atom is -0.310 e. The summed E-state index contributed by atoms with van der Waals surface area (Å²) in [7, 11) is -2.72. The Morgan fingerprint density at radius 1 is 1.26 bits per heavy atom. The number of sulfone groups is 1. The van der Waals surface area contributed by atoms with Crippen LogP contribution in [0.5, 0.6) is 0 Å². The van der Waals surface area contributed by atoms with Gasteiger partial charge in [-0.3, -0.25) is 0 Å². The van der Waals surface area contributed by atoms with Crippen LogP contribution < -0.4 is 5.32 Å². The summed E-state index contributed by atoms with van der Waals surface area (Å²) in [5.74, 6) is 1.30. The second kappa shape index (κ2) is 5.54. The lowest BCUT2D eigenvalue weighted by atomic mass is 9.93. The third kappa shape index (κ3) is 3.20. The summed E-state index contributed by atoms with van der Waals surface area (Å²) in [4.78, 5) is 1.54. The molecule has 1 aliphatic carbocycles. The van der Waals surface area contributed by atoms with E-state index in [2.05, 4.69) is 16.8 Å². The van der Waals surface area contributed by atoms with Gasteiger partial charge in [0.1, 0.15) is 9.84 Å². The number of rotatable bonds is 3. The molecule has 1 atom stereocenters. The Hall–Kier alpha value is -0.390. The zero-order valence-corrected chi connectivity index (χ0v) is 12.7. The molecule has 5 heteroatoms. The van der Waals surface area contributed by atoms with Crippen LogP contribution in [0.25, 0.3) is 0 Å². The van der Waals surface area contributed by atoms with Gasteiger partial charge in [-0.15, -0.1) is 11.3 Å². The van der Waals surface area contributed by atoms with Gasteiger partial charge in [0, 0.05) is 10.9 Å². The molecule has 0 saturated carbocycles. The lowest BCUT2D eigenvalue weighted by molar-refractivity contribution is 0.380. The first kappa shape index (κ1) is 13.6. The predicted molar refractivity (Wildman–Crippen MR) is 79.4 cm³/mol. The van der Waals surface area contributed by atoms with Gasteiger partial charge in [-0.25, -0.2) is 8.42 Å². The fourth-order valence-electron chi connectivity index (χ4n) is 3.15. The van der Waals surface area contributed by atoms with Gasteiger partial charge in [0.15, 0.2) is 0 Å². The SMILES string of the molecule is O=S1(=O)CCC(CN[C@@H]2CCCc3sccc32)CC1. The van der Waals surface area contributed by atoms with E-state index in [-0.39, 0.29) is 0 Å². The summed E-state index contributed by atoms with van der Waals surface area (Å²) in [5.41, 5.74) is 1.49. The highest BCUT2D eigenvalue weighted by molar-refractivity contribution is 7.91. The fraction of sp³-hybridized carbons (Fsp3) is 0.714. The van der Waals surface area contributed by atoms with Crippen LogP contribution in [0.15, 0.2) is 11.4 Å². The van der Waals surface area contributed by atoms with Crippen LogP contribution in [-0.4, -0.2) is 26.5 Å². The Morgan fingerprint density at radius 3 is 2.84 bits per heavy atom. The number of hydrogen-bond acceptors (Lipinski definition) is 4. The Bertz CT molecular complexity index is 521. The van der Waals surface area contributed by atoms with Crippen molar-refractivity contribution in [3.05, 3.63) is 21.9 Å². The third-order valence-corrected chi connectivity index (χ3v) is 7.09. The smallest absolute Gasteiger partial charge is 0.150 e. The highest BCUT2D eigenvalue weighted by Crippen LogP contribution is 2.33. The lowest BCUT2D eigenvalue weighted by Gasteiger charge is -2.28. The highest BCUT2D eigenvalue weighted by Gasteiger charge is 2.25. The van der Waals surface area contributed by atoms with Crippen molar-refractivity contribution in [3.8, 4) is 0 Å². The molecule has 106 valence electrons. The highest BCUT2D eigenvalue weighted by atomic mass is 32.2. The van der Waals surface area contributed by atoms with E-state index in [1.165, 1.54) is 29.7 Å². The molecule has 0 bridgehead atoms. The maximum absolute atomic E-state index is 11.4. The quantitative estimate of drug-likeness (QED) is 0.933. The van der Waals surface area contributed by atoms with Crippen molar-refractivity contribution >= 4 is 21.2 Å². The monoisotopic (exact) mass is 299 g/mol. The molecule has 1 aromatic heterocycles. The largest absolute Gasteiger partial charge is 0.310 e. The molecule has 0 radical (unpaired) electrons. The van der Waals surface area contributed by atoms with Gasteiger partial charge in [0.2, 0.25) is 0 Å². The van der Waals surface area contributed by atoms with E-state index < -0.39 is 9.84 Å². The van der Waals surface area contributed by atoms with Gasteiger partial charge in [0.05, 0.1) is 11.5 Å². The molecule has 3 rings (SSSR count). The van der Waals surface area contributed by atoms with Crippen LogP contribution in [0, 0.1) is 5.92 Å². The summed E-state index contributed by atoms with van der Waals surface area (Å²) in [6.45, 7) is 0.968. The van der Waals surface area contributed by atoms with E-state index >= 15 is 0 Å². The number of thiophene rings is 1. The molecule has 19 heavy (non-hydrogen) atoms. The minimum atomic E-state index is -2.72. The topological polar surface area (TPSA) is 46.2 Å². The molecule has 0 aromatic carbocycles. The van der Waals surface area contributed by atoms with E-state index in [1.807, 2.05) is 11.3 Å². The van der Waals surface area contributed by atoms with E-state index in [1.54, 1.807) is 0 Å². The van der Waals surface area contributed by atoms with Crippen LogP contribution >= 0.6 is 11.3 Å². The summed E-state index contributed by atoms with van der Waals surface area (Å²) in [6, 6.07) is 2.75. The van der Waals surface area contributed by atoms with Gasteiger partial charge in [-0.1, -0.05) is 0 Å². The second-order valence-corrected chi connectivity index (χ2v) is 9.05. The number of hydrogen-bond donors (Lipinski definition) is 1. The van der Waals surface area contributed by atoms with Crippen molar-refractivity contribution < 1.29 is 8.42 Å².